The molecule has 1 aromatic carbocycles. The molecule has 76 valence electrons. The summed E-state index contributed by atoms with van der Waals surface area (Å²) in [6.45, 7) is 0. The fourth-order valence-corrected chi connectivity index (χ4v) is 2.18. The summed E-state index contributed by atoms with van der Waals surface area (Å²) in [7, 11) is 0. The highest BCUT2D eigenvalue weighted by Crippen LogP contribution is 2.21. The van der Waals surface area contributed by atoms with Gasteiger partial charge in [0.15, 0.2) is 5.82 Å². The van der Waals surface area contributed by atoms with Gasteiger partial charge in [-0.3, -0.25) is 0 Å². The molecule has 0 N–H and O–H groups in total. The highest BCUT2D eigenvalue weighted by Gasteiger charge is 2.05. The molecule has 1 aromatic heterocycles. The van der Waals surface area contributed by atoms with E-state index in [0.717, 1.165) is 5.56 Å². The molecule has 0 spiro atoms. The van der Waals surface area contributed by atoms with E-state index in [9.17, 15) is 0 Å². The third-order valence-corrected chi connectivity index (χ3v) is 2.61. The van der Waals surface area contributed by atoms with Gasteiger partial charge < -0.3 is 0 Å². The van der Waals surface area contributed by atoms with Crippen molar-refractivity contribution in [2.75, 3.05) is 0 Å². The molecular weight excluding hydrogens is 345 g/mol. The molecule has 1 heterocycles. The standard InChI is InChI=1S/C9H4Br2ClN3/c10-8-13-7(14-9(11)15-8)5-2-1-3-6(12)4-5/h1-4H. The Kier molecular flexibility index (Phi) is 3.33. The first-order valence-electron chi connectivity index (χ1n) is 3.98. The molecule has 2 aromatic rings. The Morgan fingerprint density at radius 3 is 2.27 bits per heavy atom. The lowest BCUT2D eigenvalue weighted by molar-refractivity contribution is 0.984. The zero-order valence-corrected chi connectivity index (χ0v) is 11.2. The summed E-state index contributed by atoms with van der Waals surface area (Å²) in [5.41, 5.74) is 0.853. The molecule has 15 heavy (non-hydrogen) atoms. The zero-order valence-electron chi connectivity index (χ0n) is 7.28. The number of rotatable bonds is 1. The molecule has 0 bridgehead atoms. The maximum atomic E-state index is 5.88. The van der Waals surface area contributed by atoms with E-state index in [4.69, 9.17) is 11.6 Å². The van der Waals surface area contributed by atoms with E-state index in [1.807, 2.05) is 12.1 Å². The first-order chi connectivity index (χ1) is 7.15. The fourth-order valence-electron chi connectivity index (χ4n) is 1.08. The van der Waals surface area contributed by atoms with Crippen LogP contribution in [0.3, 0.4) is 0 Å². The molecular formula is C9H4Br2ClN3. The van der Waals surface area contributed by atoms with Gasteiger partial charge in [0.1, 0.15) is 0 Å². The van der Waals surface area contributed by atoms with Crippen LogP contribution in [0.5, 0.6) is 0 Å². The van der Waals surface area contributed by atoms with Gasteiger partial charge in [0, 0.05) is 10.6 Å². The minimum atomic E-state index is 0.486. The summed E-state index contributed by atoms with van der Waals surface area (Å²) in [5, 5.41) is 0.653. The second-order valence-electron chi connectivity index (χ2n) is 2.71. The lowest BCUT2D eigenvalue weighted by Gasteiger charge is -2.01. The predicted octanol–water partition coefficient (Wildman–Crippen LogP) is 3.72. The molecule has 0 radical (unpaired) electrons. The maximum Gasteiger partial charge on any atom is 0.201 e. The van der Waals surface area contributed by atoms with Crippen molar-refractivity contribution in [2.45, 2.75) is 0 Å². The van der Waals surface area contributed by atoms with E-state index >= 15 is 0 Å². The second kappa shape index (κ2) is 4.55. The van der Waals surface area contributed by atoms with Crippen LogP contribution in [-0.4, -0.2) is 15.0 Å². The second-order valence-corrected chi connectivity index (χ2v) is 4.56. The van der Waals surface area contributed by atoms with Crippen LogP contribution in [0.2, 0.25) is 5.02 Å². The van der Waals surface area contributed by atoms with Gasteiger partial charge in [0.05, 0.1) is 0 Å². The average Bonchev–Trinajstić information content (AvgIpc) is 2.16. The van der Waals surface area contributed by atoms with E-state index in [1.54, 1.807) is 12.1 Å². The molecule has 3 nitrogen and oxygen atoms in total. The number of aromatic nitrogens is 3. The number of hydrogen-bond donors (Lipinski definition) is 0. The van der Waals surface area contributed by atoms with Crippen molar-refractivity contribution in [1.82, 2.24) is 15.0 Å². The van der Waals surface area contributed by atoms with Gasteiger partial charge in [-0.15, -0.1) is 0 Å². The van der Waals surface area contributed by atoms with E-state index in [2.05, 4.69) is 46.8 Å². The van der Waals surface area contributed by atoms with Crippen LogP contribution < -0.4 is 0 Å². The molecule has 0 aliphatic rings. The van der Waals surface area contributed by atoms with Crippen molar-refractivity contribution >= 4 is 43.5 Å². The van der Waals surface area contributed by atoms with Gasteiger partial charge in [-0.05, 0) is 44.0 Å². The van der Waals surface area contributed by atoms with Crippen LogP contribution in [0.15, 0.2) is 33.7 Å². The largest absolute Gasteiger partial charge is 0.202 e. The molecule has 0 unspecified atom stereocenters. The van der Waals surface area contributed by atoms with Crippen molar-refractivity contribution in [3.05, 3.63) is 38.8 Å². The lowest BCUT2D eigenvalue weighted by Crippen LogP contribution is -1.93. The number of nitrogens with zero attached hydrogens (tertiary/aromatic N) is 3. The minimum absolute atomic E-state index is 0.486. The third kappa shape index (κ3) is 2.74. The van der Waals surface area contributed by atoms with Crippen LogP contribution in [0.1, 0.15) is 0 Å². The summed E-state index contributed by atoms with van der Waals surface area (Å²) in [4.78, 5) is 12.3. The molecule has 2 rings (SSSR count). The van der Waals surface area contributed by atoms with Crippen molar-refractivity contribution < 1.29 is 0 Å². The van der Waals surface area contributed by atoms with Crippen molar-refractivity contribution in [3.8, 4) is 11.4 Å². The Morgan fingerprint density at radius 2 is 1.67 bits per heavy atom. The summed E-state index contributed by atoms with van der Waals surface area (Å²) in [6.07, 6.45) is 0. The lowest BCUT2D eigenvalue weighted by atomic mass is 10.2. The van der Waals surface area contributed by atoms with Gasteiger partial charge >= 0.3 is 0 Å². The average molecular weight is 349 g/mol. The summed E-state index contributed by atoms with van der Waals surface area (Å²) >= 11 is 12.3. The summed E-state index contributed by atoms with van der Waals surface area (Å²) in [5.74, 6) is 0.575. The number of halogens is 3. The normalized spacial score (nSPS) is 10.3. The van der Waals surface area contributed by atoms with Crippen LogP contribution in [-0.2, 0) is 0 Å². The van der Waals surface area contributed by atoms with Crippen LogP contribution in [0.4, 0.5) is 0 Å². The van der Waals surface area contributed by atoms with Gasteiger partial charge in [-0.1, -0.05) is 23.7 Å². The molecule has 0 saturated heterocycles. The third-order valence-electron chi connectivity index (χ3n) is 1.66. The topological polar surface area (TPSA) is 38.7 Å². The Morgan fingerprint density at radius 1 is 1.00 bits per heavy atom. The zero-order chi connectivity index (χ0) is 10.8. The van der Waals surface area contributed by atoms with Gasteiger partial charge in [0.2, 0.25) is 9.47 Å². The Balaban J connectivity index is 2.54. The summed E-state index contributed by atoms with van der Waals surface area (Å²) in [6, 6.07) is 7.34. The van der Waals surface area contributed by atoms with Crippen LogP contribution in [0, 0.1) is 0 Å². The fraction of sp³-hybridized carbons (Fsp3) is 0. The van der Waals surface area contributed by atoms with Crippen LogP contribution >= 0.6 is 43.5 Å². The first-order valence-corrected chi connectivity index (χ1v) is 5.94. The highest BCUT2D eigenvalue weighted by atomic mass is 79.9. The SMILES string of the molecule is Clc1cccc(-c2nc(Br)nc(Br)n2)c1. The number of benzene rings is 1. The molecule has 0 saturated carbocycles. The molecule has 0 aliphatic carbocycles. The van der Waals surface area contributed by atoms with Crippen molar-refractivity contribution in [2.24, 2.45) is 0 Å². The first kappa shape index (κ1) is 11.0. The summed E-state index contributed by atoms with van der Waals surface area (Å²) < 4.78 is 0.971. The molecule has 0 atom stereocenters. The Bertz CT molecular complexity index is 484. The van der Waals surface area contributed by atoms with Gasteiger partial charge in [0.25, 0.3) is 0 Å². The van der Waals surface area contributed by atoms with E-state index in [-0.39, 0.29) is 0 Å². The Labute approximate surface area is 108 Å². The molecule has 6 heteroatoms. The quantitative estimate of drug-likeness (QED) is 0.788. The molecule has 0 aliphatic heterocycles. The van der Waals surface area contributed by atoms with Gasteiger partial charge in [-0.25, -0.2) is 9.97 Å². The van der Waals surface area contributed by atoms with E-state index in [1.165, 1.54) is 0 Å². The van der Waals surface area contributed by atoms with E-state index in [0.29, 0.717) is 20.3 Å². The minimum Gasteiger partial charge on any atom is -0.202 e. The highest BCUT2D eigenvalue weighted by molar-refractivity contribution is 9.11. The maximum absolute atomic E-state index is 5.88. The number of hydrogen-bond acceptors (Lipinski definition) is 3. The smallest absolute Gasteiger partial charge is 0.201 e. The van der Waals surface area contributed by atoms with Crippen LogP contribution in [0.25, 0.3) is 11.4 Å². The molecule has 0 amide bonds. The predicted molar refractivity (Wildman–Crippen MR) is 65.7 cm³/mol. The Hall–Kier alpha value is -0.520. The van der Waals surface area contributed by atoms with Gasteiger partial charge in [-0.2, -0.15) is 4.98 Å². The van der Waals surface area contributed by atoms with Crippen molar-refractivity contribution in [3.63, 3.8) is 0 Å². The monoisotopic (exact) mass is 347 g/mol. The molecule has 0 fully saturated rings. The van der Waals surface area contributed by atoms with E-state index < -0.39 is 0 Å². The van der Waals surface area contributed by atoms with Crippen molar-refractivity contribution in [1.29, 1.82) is 0 Å².